The number of alkyl halides is 3. The largest absolute Gasteiger partial charge is 0.481 e. The number of benzene rings is 2. The molecule has 3 aromatic rings. The van der Waals surface area contributed by atoms with Crippen LogP contribution in [0.1, 0.15) is 66.8 Å². The van der Waals surface area contributed by atoms with Gasteiger partial charge in [0.15, 0.2) is 5.69 Å². The van der Waals surface area contributed by atoms with Crippen molar-refractivity contribution in [2.24, 2.45) is 7.05 Å². The lowest BCUT2D eigenvalue weighted by molar-refractivity contribution is -0.138. The van der Waals surface area contributed by atoms with E-state index in [0.29, 0.717) is 31.0 Å². The molecule has 0 fully saturated rings. The minimum Gasteiger partial charge on any atom is -0.481 e. The number of carbonyl (C=O) groups is 1. The molecule has 1 heterocycles. The molecule has 0 radical (unpaired) electrons. The zero-order valence-electron chi connectivity index (χ0n) is 23.8. The monoisotopic (exact) mass is 604 g/mol. The summed E-state index contributed by atoms with van der Waals surface area (Å²) < 4.78 is 42.4. The van der Waals surface area contributed by atoms with Crippen LogP contribution in [0.25, 0.3) is 4.85 Å². The maximum absolute atomic E-state index is 13.6. The highest BCUT2D eigenvalue weighted by molar-refractivity contribution is 5.85. The first-order valence-corrected chi connectivity index (χ1v) is 13.9. The zero-order valence-corrected chi connectivity index (χ0v) is 24.6. The average Bonchev–Trinajstić information content (AvgIpc) is 3.38. The van der Waals surface area contributed by atoms with E-state index in [1.54, 1.807) is 18.1 Å². The Morgan fingerprint density at radius 3 is 2.38 bits per heavy atom. The molecule has 0 aliphatic heterocycles. The molecule has 0 saturated carbocycles. The molecule has 42 heavy (non-hydrogen) atoms. The zero-order chi connectivity index (χ0) is 29.6. The molecular formula is C30H36ClF3N6O2. The Morgan fingerprint density at radius 1 is 1.07 bits per heavy atom. The third kappa shape index (κ3) is 8.38. The molecule has 12 heteroatoms. The fraction of sp³-hybridized carbons (Fsp3) is 0.467. The van der Waals surface area contributed by atoms with E-state index in [1.165, 1.54) is 17.2 Å². The van der Waals surface area contributed by atoms with Crippen molar-refractivity contribution < 1.29 is 23.1 Å². The van der Waals surface area contributed by atoms with Crippen LogP contribution in [0.2, 0.25) is 0 Å². The second-order valence-corrected chi connectivity index (χ2v) is 10.5. The summed E-state index contributed by atoms with van der Waals surface area (Å²) in [5.41, 5.74) is 4.05. The minimum atomic E-state index is -4.57. The van der Waals surface area contributed by atoms with Crippen molar-refractivity contribution >= 4 is 35.7 Å². The number of aryl methyl sites for hydroxylation is 3. The number of hydrogen-bond donors (Lipinski definition) is 1. The standard InChI is InChI=1S/C30H35F3N6O2.ClH/c1-4-38(12-8-7-11-28(40)41)27-16-23-10-6-5-9-22(23)15-24(27)19-39(29-35-20-37(3)36-29)18-21-13-25(30(31,32)33)17-26(14-21)34-2;/h13-17,20H,4-12,18-19H2,1,3H3,(H,40,41);1H. The molecule has 8 nitrogen and oxygen atoms in total. The van der Waals surface area contributed by atoms with Gasteiger partial charge in [0.25, 0.3) is 0 Å². The summed E-state index contributed by atoms with van der Waals surface area (Å²) in [6, 6.07) is 7.86. The van der Waals surface area contributed by atoms with E-state index in [4.69, 9.17) is 11.7 Å². The summed E-state index contributed by atoms with van der Waals surface area (Å²) in [7, 11) is 1.73. The van der Waals surface area contributed by atoms with E-state index in [1.807, 2.05) is 4.90 Å². The average molecular weight is 605 g/mol. The van der Waals surface area contributed by atoms with E-state index < -0.39 is 17.7 Å². The van der Waals surface area contributed by atoms with Gasteiger partial charge in [0.1, 0.15) is 6.33 Å². The highest BCUT2D eigenvalue weighted by Gasteiger charge is 2.31. The van der Waals surface area contributed by atoms with Gasteiger partial charge in [0.05, 0.1) is 6.57 Å². The Hall–Kier alpha value is -3.78. The Labute approximate surface area is 250 Å². The van der Waals surface area contributed by atoms with Crippen molar-refractivity contribution in [3.63, 3.8) is 0 Å². The summed E-state index contributed by atoms with van der Waals surface area (Å²) >= 11 is 0. The lowest BCUT2D eigenvalue weighted by Crippen LogP contribution is -2.29. The number of aromatic nitrogens is 3. The van der Waals surface area contributed by atoms with E-state index in [0.717, 1.165) is 62.0 Å². The minimum absolute atomic E-state index is 0. The van der Waals surface area contributed by atoms with Crippen LogP contribution in [0.15, 0.2) is 36.7 Å². The number of carboxylic acid groups (broad SMARTS) is 1. The molecule has 1 aliphatic rings. The molecule has 0 bridgehead atoms. The van der Waals surface area contributed by atoms with Gasteiger partial charge in [-0.15, -0.1) is 17.5 Å². The Balaban J connectivity index is 0.00000484. The van der Waals surface area contributed by atoms with Crippen LogP contribution >= 0.6 is 12.4 Å². The first-order valence-electron chi connectivity index (χ1n) is 13.9. The number of unbranched alkanes of at least 4 members (excludes halogenated alkanes) is 1. The molecule has 1 aliphatic carbocycles. The van der Waals surface area contributed by atoms with Gasteiger partial charge in [-0.3, -0.25) is 9.48 Å². The SMILES string of the molecule is Cl.[C-]#[N+]c1cc(CN(Cc2cc3c(cc2N(CC)CCCCC(=O)O)CCCC3)c2ncn(C)n2)cc(C(F)(F)F)c1. The van der Waals surface area contributed by atoms with Crippen molar-refractivity contribution in [3.05, 3.63) is 75.9 Å². The van der Waals surface area contributed by atoms with Crippen LogP contribution in [0.3, 0.4) is 0 Å². The maximum Gasteiger partial charge on any atom is 0.415 e. The molecule has 0 amide bonds. The third-order valence-corrected chi connectivity index (χ3v) is 7.37. The number of hydrogen-bond acceptors (Lipinski definition) is 5. The number of halogens is 4. The summed E-state index contributed by atoms with van der Waals surface area (Å²) in [4.78, 5) is 22.8. The van der Waals surface area contributed by atoms with Gasteiger partial charge in [-0.1, -0.05) is 12.1 Å². The number of carboxylic acids is 1. The molecule has 2 aromatic carbocycles. The molecule has 0 spiro atoms. The highest BCUT2D eigenvalue weighted by Crippen LogP contribution is 2.35. The molecule has 0 saturated heterocycles. The first kappa shape index (κ1) is 32.7. The fourth-order valence-corrected chi connectivity index (χ4v) is 5.36. The first-order chi connectivity index (χ1) is 19.6. The summed E-state index contributed by atoms with van der Waals surface area (Å²) in [6.45, 7) is 11.2. The fourth-order valence-electron chi connectivity index (χ4n) is 5.36. The van der Waals surface area contributed by atoms with Crippen LogP contribution < -0.4 is 9.80 Å². The van der Waals surface area contributed by atoms with Crippen molar-refractivity contribution in [2.75, 3.05) is 22.9 Å². The Morgan fingerprint density at radius 2 is 1.79 bits per heavy atom. The van der Waals surface area contributed by atoms with Gasteiger partial charge in [0.2, 0.25) is 5.95 Å². The Bertz CT molecular complexity index is 1420. The lowest BCUT2D eigenvalue weighted by Gasteiger charge is -2.31. The maximum atomic E-state index is 13.6. The van der Waals surface area contributed by atoms with Gasteiger partial charge in [0, 0.05) is 50.9 Å². The van der Waals surface area contributed by atoms with E-state index in [-0.39, 0.29) is 31.1 Å². The number of aliphatic carboxylic acids is 1. The van der Waals surface area contributed by atoms with E-state index in [9.17, 15) is 18.0 Å². The normalized spacial score (nSPS) is 12.7. The van der Waals surface area contributed by atoms with Gasteiger partial charge in [-0.05, 0) is 85.9 Å². The molecule has 1 N–H and O–H groups in total. The van der Waals surface area contributed by atoms with E-state index in [2.05, 4.69) is 38.9 Å². The summed E-state index contributed by atoms with van der Waals surface area (Å²) in [6.07, 6.45) is 2.60. The number of anilines is 2. The van der Waals surface area contributed by atoms with Crippen molar-refractivity contribution in [1.82, 2.24) is 14.8 Å². The number of fused-ring (bicyclic) bond motifs is 1. The smallest absolute Gasteiger partial charge is 0.415 e. The number of rotatable bonds is 12. The topological polar surface area (TPSA) is 78.9 Å². The van der Waals surface area contributed by atoms with Gasteiger partial charge >= 0.3 is 12.1 Å². The molecule has 4 rings (SSSR count). The second-order valence-electron chi connectivity index (χ2n) is 10.5. The predicted molar refractivity (Wildman–Crippen MR) is 158 cm³/mol. The van der Waals surface area contributed by atoms with Crippen LogP contribution in [0.4, 0.5) is 30.5 Å². The number of nitrogens with zero attached hydrogens (tertiary/aromatic N) is 6. The van der Waals surface area contributed by atoms with Crippen molar-refractivity contribution in [3.8, 4) is 0 Å². The van der Waals surface area contributed by atoms with Crippen LogP contribution in [-0.4, -0.2) is 38.9 Å². The highest BCUT2D eigenvalue weighted by atomic mass is 35.5. The summed E-state index contributed by atoms with van der Waals surface area (Å²) in [5.74, 6) is -0.431. The summed E-state index contributed by atoms with van der Waals surface area (Å²) in [5, 5.41) is 13.5. The molecule has 1 aromatic heterocycles. The van der Waals surface area contributed by atoms with E-state index >= 15 is 0 Å². The molecular weight excluding hydrogens is 569 g/mol. The second kappa shape index (κ2) is 14.4. The third-order valence-electron chi connectivity index (χ3n) is 7.37. The lowest BCUT2D eigenvalue weighted by atomic mass is 9.89. The van der Waals surface area contributed by atoms with Gasteiger partial charge in [-0.2, -0.15) is 13.2 Å². The van der Waals surface area contributed by atoms with Crippen LogP contribution in [-0.2, 0) is 43.9 Å². The molecule has 0 unspecified atom stereocenters. The predicted octanol–water partition coefficient (Wildman–Crippen LogP) is 6.97. The Kier molecular flexibility index (Phi) is 11.2. The quantitative estimate of drug-likeness (QED) is 0.178. The molecule has 226 valence electrons. The van der Waals surface area contributed by atoms with Gasteiger partial charge < -0.3 is 14.9 Å². The van der Waals surface area contributed by atoms with Gasteiger partial charge in [-0.25, -0.2) is 9.83 Å². The van der Waals surface area contributed by atoms with Crippen molar-refractivity contribution in [2.45, 2.75) is 71.1 Å². The van der Waals surface area contributed by atoms with Crippen molar-refractivity contribution in [1.29, 1.82) is 0 Å². The molecule has 0 atom stereocenters. The van der Waals surface area contributed by atoms with Crippen LogP contribution in [0.5, 0.6) is 0 Å². The van der Waals surface area contributed by atoms with Crippen LogP contribution in [0, 0.1) is 6.57 Å².